The Morgan fingerprint density at radius 1 is 1.04 bits per heavy atom. The molecule has 1 aliphatic heterocycles. The van der Waals surface area contributed by atoms with Crippen molar-refractivity contribution in [3.05, 3.63) is 30.1 Å². The van der Waals surface area contributed by atoms with Gasteiger partial charge in [-0.1, -0.05) is 32.8 Å². The lowest BCUT2D eigenvalue weighted by atomic mass is 9.72. The molecule has 2 heterocycles. The standard InChI is InChI=1S/C21H28F3N3/c1-3-7-20(8-4-2)9-11-27(12-10-20)19-17-6-5-16(14-21(22,23)24)13-18(17)25-15-26-19/h5-6,13,15H,3-4,7-12,14H2,1-2H3. The highest BCUT2D eigenvalue weighted by Crippen LogP contribution is 2.41. The lowest BCUT2D eigenvalue weighted by molar-refractivity contribution is -0.127. The Kier molecular flexibility index (Phi) is 5.92. The Morgan fingerprint density at radius 3 is 2.30 bits per heavy atom. The zero-order chi connectivity index (χ0) is 19.5. The Labute approximate surface area is 159 Å². The molecular weight excluding hydrogens is 351 g/mol. The van der Waals surface area contributed by atoms with E-state index in [2.05, 4.69) is 28.7 Å². The highest BCUT2D eigenvalue weighted by Gasteiger charge is 2.34. The van der Waals surface area contributed by atoms with Gasteiger partial charge in [-0.2, -0.15) is 13.2 Å². The summed E-state index contributed by atoms with van der Waals surface area (Å²) >= 11 is 0. The quantitative estimate of drug-likeness (QED) is 0.624. The summed E-state index contributed by atoms with van der Waals surface area (Å²) in [4.78, 5) is 11.0. The SMILES string of the molecule is CCCC1(CCC)CCN(c2ncnc3cc(CC(F)(F)F)ccc23)CC1. The molecule has 0 bridgehead atoms. The van der Waals surface area contributed by atoms with Gasteiger partial charge in [-0.3, -0.25) is 0 Å². The van der Waals surface area contributed by atoms with E-state index in [1.165, 1.54) is 38.1 Å². The van der Waals surface area contributed by atoms with Crippen LogP contribution in [0.4, 0.5) is 19.0 Å². The minimum Gasteiger partial charge on any atom is -0.356 e. The van der Waals surface area contributed by atoms with Crippen LogP contribution in [0.25, 0.3) is 10.9 Å². The van der Waals surface area contributed by atoms with E-state index in [1.807, 2.05) is 0 Å². The minimum absolute atomic E-state index is 0.239. The van der Waals surface area contributed by atoms with Crippen LogP contribution in [0.1, 0.15) is 57.9 Å². The maximum Gasteiger partial charge on any atom is 0.393 e. The lowest BCUT2D eigenvalue weighted by Crippen LogP contribution is -2.40. The van der Waals surface area contributed by atoms with Gasteiger partial charge in [0.25, 0.3) is 0 Å². The molecule has 0 radical (unpaired) electrons. The average molecular weight is 379 g/mol. The molecule has 0 saturated carbocycles. The predicted molar refractivity (Wildman–Crippen MR) is 103 cm³/mol. The summed E-state index contributed by atoms with van der Waals surface area (Å²) in [5, 5.41) is 0.835. The summed E-state index contributed by atoms with van der Waals surface area (Å²) < 4.78 is 38.0. The molecule has 0 unspecified atom stereocenters. The third-order valence-electron chi connectivity index (χ3n) is 5.77. The van der Waals surface area contributed by atoms with Gasteiger partial charge >= 0.3 is 6.18 Å². The first-order valence-corrected chi connectivity index (χ1v) is 9.91. The second kappa shape index (κ2) is 8.03. The largest absolute Gasteiger partial charge is 0.393 e. The Balaban J connectivity index is 1.81. The van der Waals surface area contributed by atoms with Crippen molar-refractivity contribution in [2.24, 2.45) is 5.41 Å². The topological polar surface area (TPSA) is 29.0 Å². The third-order valence-corrected chi connectivity index (χ3v) is 5.77. The van der Waals surface area contributed by atoms with E-state index in [9.17, 15) is 13.2 Å². The molecule has 1 aromatic heterocycles. The van der Waals surface area contributed by atoms with Crippen LogP contribution in [0.5, 0.6) is 0 Å². The van der Waals surface area contributed by atoms with Crippen molar-refractivity contribution >= 4 is 16.7 Å². The van der Waals surface area contributed by atoms with Crippen LogP contribution in [0.2, 0.25) is 0 Å². The normalized spacial score (nSPS) is 17.4. The summed E-state index contributed by atoms with van der Waals surface area (Å²) in [7, 11) is 0. The van der Waals surface area contributed by atoms with Gasteiger partial charge in [0.05, 0.1) is 11.9 Å². The molecule has 0 aliphatic carbocycles. The summed E-state index contributed by atoms with van der Waals surface area (Å²) in [6, 6.07) is 4.83. The molecule has 0 amide bonds. The van der Waals surface area contributed by atoms with Crippen LogP contribution < -0.4 is 4.90 Å². The first kappa shape index (κ1) is 19.9. The van der Waals surface area contributed by atoms with Gasteiger partial charge in [0.1, 0.15) is 12.1 Å². The Hall–Kier alpha value is -1.85. The Bertz CT molecular complexity index is 757. The van der Waals surface area contributed by atoms with Crippen LogP contribution in [0.3, 0.4) is 0 Å². The van der Waals surface area contributed by atoms with Gasteiger partial charge in [-0.25, -0.2) is 9.97 Å². The Morgan fingerprint density at radius 2 is 1.70 bits per heavy atom. The molecule has 1 fully saturated rings. The number of benzene rings is 1. The van der Waals surface area contributed by atoms with Crippen molar-refractivity contribution in [2.45, 2.75) is 65.0 Å². The molecule has 1 saturated heterocycles. The van der Waals surface area contributed by atoms with Crippen LogP contribution in [0, 0.1) is 5.41 Å². The lowest BCUT2D eigenvalue weighted by Gasteiger charge is -2.42. The zero-order valence-electron chi connectivity index (χ0n) is 16.1. The number of alkyl halides is 3. The van der Waals surface area contributed by atoms with Crippen molar-refractivity contribution in [1.29, 1.82) is 0 Å². The minimum atomic E-state index is -4.21. The number of hydrogen-bond donors (Lipinski definition) is 0. The smallest absolute Gasteiger partial charge is 0.356 e. The van der Waals surface area contributed by atoms with E-state index in [-0.39, 0.29) is 5.56 Å². The van der Waals surface area contributed by atoms with Gasteiger partial charge in [0.2, 0.25) is 0 Å². The van der Waals surface area contributed by atoms with E-state index >= 15 is 0 Å². The summed E-state index contributed by atoms with van der Waals surface area (Å²) in [5.74, 6) is 0.847. The summed E-state index contributed by atoms with van der Waals surface area (Å²) in [6.07, 6.45) is 3.56. The summed E-state index contributed by atoms with van der Waals surface area (Å²) in [5.41, 5.74) is 1.26. The number of anilines is 1. The average Bonchev–Trinajstić information content (AvgIpc) is 2.61. The molecule has 0 atom stereocenters. The molecule has 3 nitrogen and oxygen atoms in total. The van der Waals surface area contributed by atoms with Gasteiger partial charge in [-0.05, 0) is 48.8 Å². The van der Waals surface area contributed by atoms with Crippen LogP contribution in [0.15, 0.2) is 24.5 Å². The molecule has 2 aromatic rings. The number of fused-ring (bicyclic) bond motifs is 1. The molecular formula is C21H28F3N3. The van der Waals surface area contributed by atoms with Gasteiger partial charge < -0.3 is 4.90 Å². The molecule has 3 rings (SSSR count). The van der Waals surface area contributed by atoms with Crippen molar-refractivity contribution in [2.75, 3.05) is 18.0 Å². The van der Waals surface area contributed by atoms with Crippen molar-refractivity contribution in [1.82, 2.24) is 9.97 Å². The molecule has 1 aliphatic rings. The molecule has 148 valence electrons. The van der Waals surface area contributed by atoms with E-state index in [1.54, 1.807) is 12.1 Å². The zero-order valence-corrected chi connectivity index (χ0v) is 16.1. The van der Waals surface area contributed by atoms with Crippen LogP contribution in [-0.4, -0.2) is 29.2 Å². The van der Waals surface area contributed by atoms with Crippen LogP contribution >= 0.6 is 0 Å². The molecule has 0 spiro atoms. The van der Waals surface area contributed by atoms with Crippen LogP contribution in [-0.2, 0) is 6.42 Å². The van der Waals surface area contributed by atoms with Gasteiger partial charge in [0, 0.05) is 18.5 Å². The highest BCUT2D eigenvalue weighted by atomic mass is 19.4. The second-order valence-electron chi connectivity index (χ2n) is 7.83. The molecule has 0 N–H and O–H groups in total. The monoisotopic (exact) mass is 379 g/mol. The first-order valence-electron chi connectivity index (χ1n) is 9.91. The van der Waals surface area contributed by atoms with E-state index < -0.39 is 12.6 Å². The van der Waals surface area contributed by atoms with Gasteiger partial charge in [0.15, 0.2) is 0 Å². The fourth-order valence-corrected chi connectivity index (χ4v) is 4.56. The van der Waals surface area contributed by atoms with E-state index in [4.69, 9.17) is 0 Å². The van der Waals surface area contributed by atoms with Gasteiger partial charge in [-0.15, -0.1) is 0 Å². The van der Waals surface area contributed by atoms with E-state index in [0.29, 0.717) is 10.9 Å². The maximum atomic E-state index is 12.7. The third kappa shape index (κ3) is 4.71. The number of aromatic nitrogens is 2. The van der Waals surface area contributed by atoms with Crippen molar-refractivity contribution < 1.29 is 13.2 Å². The predicted octanol–water partition coefficient (Wildman–Crippen LogP) is 5.92. The second-order valence-corrected chi connectivity index (χ2v) is 7.83. The highest BCUT2D eigenvalue weighted by molar-refractivity contribution is 5.89. The number of piperidine rings is 1. The fourth-order valence-electron chi connectivity index (χ4n) is 4.56. The number of rotatable bonds is 6. The molecule has 1 aromatic carbocycles. The first-order chi connectivity index (χ1) is 12.9. The van der Waals surface area contributed by atoms with Crippen molar-refractivity contribution in [3.8, 4) is 0 Å². The van der Waals surface area contributed by atoms with Crippen molar-refractivity contribution in [3.63, 3.8) is 0 Å². The number of hydrogen-bond acceptors (Lipinski definition) is 3. The van der Waals surface area contributed by atoms with E-state index in [0.717, 1.165) is 37.1 Å². The summed E-state index contributed by atoms with van der Waals surface area (Å²) in [6.45, 7) is 6.38. The fraction of sp³-hybridized carbons (Fsp3) is 0.619. The molecule has 6 heteroatoms. The molecule has 27 heavy (non-hydrogen) atoms. The maximum absolute atomic E-state index is 12.7. The number of nitrogens with zero attached hydrogens (tertiary/aromatic N) is 3. The number of halogens is 3.